The summed E-state index contributed by atoms with van der Waals surface area (Å²) in [6, 6.07) is 9.48. The number of hydrogen-bond acceptors (Lipinski definition) is 3. The Kier molecular flexibility index (Phi) is 5.28. The van der Waals surface area contributed by atoms with Gasteiger partial charge in [0.05, 0.1) is 5.69 Å². The molecular weight excluding hydrogens is 267 g/mol. The van der Waals surface area contributed by atoms with Crippen molar-refractivity contribution in [3.05, 3.63) is 59.2 Å². The van der Waals surface area contributed by atoms with Gasteiger partial charge in [-0.2, -0.15) is 0 Å². The molecule has 1 aromatic heterocycles. The molecule has 0 aliphatic heterocycles. The highest BCUT2D eigenvalue weighted by Gasteiger charge is 2.06. The monoisotopic (exact) mass is 288 g/mol. The molecule has 1 heterocycles. The summed E-state index contributed by atoms with van der Waals surface area (Å²) in [7, 11) is 0. The quantitative estimate of drug-likeness (QED) is 0.881. The van der Waals surface area contributed by atoms with Gasteiger partial charge in [0.1, 0.15) is 6.61 Å². The number of aryl methyl sites for hydroxylation is 1. The zero-order valence-electron chi connectivity index (χ0n) is 12.7. The van der Waals surface area contributed by atoms with E-state index in [1.807, 2.05) is 18.3 Å². The lowest BCUT2D eigenvalue weighted by molar-refractivity contribution is 0.285. The standard InChI is InChI=1S/C17H21FN2O/c1-12(2)19-9-14-7-8-15(20-10-14)11-21-16-6-4-5-13(3)17(16)18/h4-8,10,12,19H,9,11H2,1-3H3. The van der Waals surface area contributed by atoms with Crippen LogP contribution in [0.25, 0.3) is 0 Å². The van der Waals surface area contributed by atoms with E-state index >= 15 is 0 Å². The van der Waals surface area contributed by atoms with Crippen molar-refractivity contribution in [2.75, 3.05) is 0 Å². The number of nitrogens with zero attached hydrogens (tertiary/aromatic N) is 1. The Bertz CT molecular complexity index is 582. The average Bonchev–Trinajstić information content (AvgIpc) is 2.48. The average molecular weight is 288 g/mol. The third-order valence-electron chi connectivity index (χ3n) is 3.13. The van der Waals surface area contributed by atoms with Crippen LogP contribution >= 0.6 is 0 Å². The van der Waals surface area contributed by atoms with Crippen LogP contribution in [0, 0.1) is 12.7 Å². The summed E-state index contributed by atoms with van der Waals surface area (Å²) in [5, 5.41) is 3.33. The van der Waals surface area contributed by atoms with Crippen LogP contribution in [-0.4, -0.2) is 11.0 Å². The second-order valence-corrected chi connectivity index (χ2v) is 5.37. The highest BCUT2D eigenvalue weighted by Crippen LogP contribution is 2.20. The van der Waals surface area contributed by atoms with Gasteiger partial charge < -0.3 is 10.1 Å². The first-order chi connectivity index (χ1) is 10.1. The van der Waals surface area contributed by atoms with Crippen LogP contribution in [0.2, 0.25) is 0 Å². The lowest BCUT2D eigenvalue weighted by Gasteiger charge is -2.10. The SMILES string of the molecule is Cc1cccc(OCc2ccc(CNC(C)C)cn2)c1F. The van der Waals surface area contributed by atoms with E-state index in [1.165, 1.54) is 0 Å². The van der Waals surface area contributed by atoms with Crippen LogP contribution in [0.5, 0.6) is 5.75 Å². The first kappa shape index (κ1) is 15.4. The molecule has 0 aliphatic rings. The molecule has 0 unspecified atom stereocenters. The molecule has 2 aromatic rings. The predicted molar refractivity (Wildman–Crippen MR) is 81.7 cm³/mol. The number of nitrogens with one attached hydrogen (secondary N) is 1. The Morgan fingerprint density at radius 3 is 2.71 bits per heavy atom. The van der Waals surface area contributed by atoms with E-state index in [0.717, 1.165) is 17.8 Å². The van der Waals surface area contributed by atoms with Crippen molar-refractivity contribution < 1.29 is 9.13 Å². The van der Waals surface area contributed by atoms with Crippen LogP contribution in [0.1, 0.15) is 30.7 Å². The van der Waals surface area contributed by atoms with Crippen LogP contribution in [0.3, 0.4) is 0 Å². The molecule has 0 saturated heterocycles. The lowest BCUT2D eigenvalue weighted by atomic mass is 10.2. The summed E-state index contributed by atoms with van der Waals surface area (Å²) in [5.74, 6) is -0.0439. The minimum Gasteiger partial charge on any atom is -0.484 e. The van der Waals surface area contributed by atoms with Gasteiger partial charge in [-0.1, -0.05) is 32.0 Å². The molecule has 3 nitrogen and oxygen atoms in total. The third kappa shape index (κ3) is 4.53. The summed E-state index contributed by atoms with van der Waals surface area (Å²) in [5.41, 5.74) is 2.48. The van der Waals surface area contributed by atoms with Crippen molar-refractivity contribution >= 4 is 0 Å². The topological polar surface area (TPSA) is 34.1 Å². The summed E-state index contributed by atoms with van der Waals surface area (Å²) >= 11 is 0. The first-order valence-electron chi connectivity index (χ1n) is 7.11. The summed E-state index contributed by atoms with van der Waals surface area (Å²) in [4.78, 5) is 4.34. The van der Waals surface area contributed by atoms with Crippen molar-refractivity contribution in [2.24, 2.45) is 0 Å². The van der Waals surface area contributed by atoms with Crippen LogP contribution in [0.15, 0.2) is 36.5 Å². The van der Waals surface area contributed by atoms with Gasteiger partial charge in [0, 0.05) is 18.8 Å². The minimum absolute atomic E-state index is 0.262. The molecule has 4 heteroatoms. The molecule has 0 saturated carbocycles. The highest BCUT2D eigenvalue weighted by molar-refractivity contribution is 5.30. The molecule has 21 heavy (non-hydrogen) atoms. The van der Waals surface area contributed by atoms with Gasteiger partial charge >= 0.3 is 0 Å². The number of halogens is 1. The molecule has 1 N–H and O–H groups in total. The van der Waals surface area contributed by atoms with Crippen molar-refractivity contribution in [2.45, 2.75) is 40.0 Å². The number of ether oxygens (including phenoxy) is 1. The van der Waals surface area contributed by atoms with Crippen molar-refractivity contribution in [3.8, 4) is 5.75 Å². The molecule has 112 valence electrons. The number of pyridine rings is 1. The van der Waals surface area contributed by atoms with Gasteiger partial charge in [0.2, 0.25) is 0 Å². The number of benzene rings is 1. The summed E-state index contributed by atoms with van der Waals surface area (Å²) < 4.78 is 19.3. The first-order valence-corrected chi connectivity index (χ1v) is 7.11. The molecule has 0 spiro atoms. The van der Waals surface area contributed by atoms with E-state index in [-0.39, 0.29) is 18.2 Å². The maximum atomic E-state index is 13.8. The van der Waals surface area contributed by atoms with Crippen molar-refractivity contribution in [1.82, 2.24) is 10.3 Å². The summed E-state index contributed by atoms with van der Waals surface area (Å²) in [6.45, 7) is 6.98. The van der Waals surface area contributed by atoms with E-state index in [1.54, 1.807) is 25.1 Å². The second kappa shape index (κ2) is 7.18. The molecule has 0 aliphatic carbocycles. The summed E-state index contributed by atoms with van der Waals surface area (Å²) in [6.07, 6.45) is 1.82. The maximum absolute atomic E-state index is 13.8. The van der Waals surface area contributed by atoms with Gasteiger partial charge in [-0.15, -0.1) is 0 Å². The zero-order chi connectivity index (χ0) is 15.2. The Labute approximate surface area is 125 Å². The van der Waals surface area contributed by atoms with Crippen molar-refractivity contribution in [1.29, 1.82) is 0 Å². The Morgan fingerprint density at radius 1 is 1.24 bits per heavy atom. The molecule has 0 fully saturated rings. The molecule has 1 aromatic carbocycles. The fraction of sp³-hybridized carbons (Fsp3) is 0.353. The molecule has 2 rings (SSSR count). The Morgan fingerprint density at radius 2 is 2.05 bits per heavy atom. The fourth-order valence-corrected chi connectivity index (χ4v) is 1.85. The molecular formula is C17H21FN2O. The normalized spacial score (nSPS) is 10.9. The van der Waals surface area contributed by atoms with Crippen LogP contribution < -0.4 is 10.1 Å². The van der Waals surface area contributed by atoms with Gasteiger partial charge in [-0.05, 0) is 30.2 Å². The van der Waals surface area contributed by atoms with Gasteiger partial charge in [0.25, 0.3) is 0 Å². The second-order valence-electron chi connectivity index (χ2n) is 5.37. The highest BCUT2D eigenvalue weighted by atomic mass is 19.1. The molecule has 0 atom stereocenters. The molecule has 0 radical (unpaired) electrons. The van der Waals surface area contributed by atoms with Gasteiger partial charge in [0.15, 0.2) is 11.6 Å². The van der Waals surface area contributed by atoms with E-state index in [4.69, 9.17) is 4.74 Å². The van der Waals surface area contributed by atoms with E-state index in [9.17, 15) is 4.39 Å². The van der Waals surface area contributed by atoms with Gasteiger partial charge in [-0.25, -0.2) is 4.39 Å². The third-order valence-corrected chi connectivity index (χ3v) is 3.13. The number of aromatic nitrogens is 1. The number of rotatable bonds is 6. The van der Waals surface area contributed by atoms with Crippen LogP contribution in [0.4, 0.5) is 4.39 Å². The Hall–Kier alpha value is -1.94. The van der Waals surface area contributed by atoms with Gasteiger partial charge in [-0.3, -0.25) is 4.98 Å². The maximum Gasteiger partial charge on any atom is 0.167 e. The molecule has 0 bridgehead atoms. The smallest absolute Gasteiger partial charge is 0.167 e. The largest absolute Gasteiger partial charge is 0.484 e. The lowest BCUT2D eigenvalue weighted by Crippen LogP contribution is -2.21. The molecule has 0 amide bonds. The van der Waals surface area contributed by atoms with Crippen LogP contribution in [-0.2, 0) is 13.2 Å². The van der Waals surface area contributed by atoms with Crippen molar-refractivity contribution in [3.63, 3.8) is 0 Å². The minimum atomic E-state index is -0.310. The predicted octanol–water partition coefficient (Wildman–Crippen LogP) is 3.61. The van der Waals surface area contributed by atoms with E-state index < -0.39 is 0 Å². The number of hydrogen-bond donors (Lipinski definition) is 1. The Balaban J connectivity index is 1.93. The zero-order valence-corrected chi connectivity index (χ0v) is 12.7. The fourth-order valence-electron chi connectivity index (χ4n) is 1.85. The van der Waals surface area contributed by atoms with E-state index in [2.05, 4.69) is 24.1 Å². The van der Waals surface area contributed by atoms with E-state index in [0.29, 0.717) is 11.6 Å².